The van der Waals surface area contributed by atoms with Gasteiger partial charge in [0.2, 0.25) is 5.75 Å². The van der Waals surface area contributed by atoms with Gasteiger partial charge in [-0.3, -0.25) is 9.59 Å². The van der Waals surface area contributed by atoms with Gasteiger partial charge in [-0.05, 0) is 37.8 Å². The molecule has 3 unspecified atom stereocenters. The van der Waals surface area contributed by atoms with Crippen molar-refractivity contribution in [1.29, 1.82) is 0 Å². The fraction of sp³-hybridized carbons (Fsp3) is 0.533. The van der Waals surface area contributed by atoms with Gasteiger partial charge in [0, 0.05) is 32.2 Å². The Morgan fingerprint density at radius 3 is 2.20 bits per heavy atom. The number of hydrogen-bond donors (Lipinski definition) is 2. The number of aromatic nitrogens is 1. The van der Waals surface area contributed by atoms with Crippen LogP contribution >= 0.6 is 0 Å². The molecule has 0 aliphatic rings. The number of phenolic OH excluding ortho intramolecular Hbond substituents is 1. The standard InChI is InChI=1S/C24H38N2O7.C6H6O/c1-8-13-31-18(10-3)14-16(5)32-24(29)20(15(4)9-2)26-23(28)21-22(33-17(6)27)19(30-7)11-12-25-21;7-6-4-2-1-3-5-6/h11-12,15-16,18,20H,8-10,13-14H2,1-7H3,(H,26,28);1-5,7H/t15?,16?,18?,20-;/m0./s1. The molecule has 10 nitrogen and oxygen atoms in total. The summed E-state index contributed by atoms with van der Waals surface area (Å²) in [7, 11) is 1.39. The van der Waals surface area contributed by atoms with Crippen LogP contribution in [0, 0.1) is 5.92 Å². The molecule has 1 aromatic carbocycles. The van der Waals surface area contributed by atoms with E-state index in [1.165, 1.54) is 26.3 Å². The molecule has 2 rings (SSSR count). The van der Waals surface area contributed by atoms with Crippen LogP contribution in [-0.2, 0) is 19.1 Å². The lowest BCUT2D eigenvalue weighted by Gasteiger charge is -2.26. The highest BCUT2D eigenvalue weighted by atomic mass is 16.6. The van der Waals surface area contributed by atoms with E-state index >= 15 is 0 Å². The molecule has 1 amide bonds. The van der Waals surface area contributed by atoms with Crippen LogP contribution in [0.15, 0.2) is 42.6 Å². The van der Waals surface area contributed by atoms with Crippen LogP contribution in [0.3, 0.4) is 0 Å². The molecule has 0 fully saturated rings. The maximum Gasteiger partial charge on any atom is 0.329 e. The van der Waals surface area contributed by atoms with E-state index in [1.807, 2.05) is 40.7 Å². The van der Waals surface area contributed by atoms with Gasteiger partial charge in [-0.2, -0.15) is 0 Å². The molecule has 1 aromatic heterocycles. The summed E-state index contributed by atoms with van der Waals surface area (Å²) in [4.78, 5) is 41.6. The normalized spacial score (nSPS) is 13.5. The monoisotopic (exact) mass is 560 g/mol. The highest BCUT2D eigenvalue weighted by molar-refractivity contribution is 5.98. The van der Waals surface area contributed by atoms with Gasteiger partial charge in [0.15, 0.2) is 11.4 Å². The number of carbonyl (C=O) groups is 3. The first-order chi connectivity index (χ1) is 19.1. The minimum absolute atomic E-state index is 0.00309. The van der Waals surface area contributed by atoms with Gasteiger partial charge in [0.25, 0.3) is 5.91 Å². The quantitative estimate of drug-likeness (QED) is 0.303. The van der Waals surface area contributed by atoms with Crippen LogP contribution in [0.5, 0.6) is 17.2 Å². The zero-order valence-corrected chi connectivity index (χ0v) is 24.6. The van der Waals surface area contributed by atoms with E-state index in [0.29, 0.717) is 25.2 Å². The Morgan fingerprint density at radius 2 is 1.70 bits per heavy atom. The van der Waals surface area contributed by atoms with Crippen LogP contribution in [-0.4, -0.2) is 59.9 Å². The summed E-state index contributed by atoms with van der Waals surface area (Å²) in [6.45, 7) is 11.5. The van der Waals surface area contributed by atoms with Gasteiger partial charge in [-0.15, -0.1) is 0 Å². The summed E-state index contributed by atoms with van der Waals surface area (Å²) in [5.74, 6) is -1.63. The van der Waals surface area contributed by atoms with E-state index in [0.717, 1.165) is 12.8 Å². The summed E-state index contributed by atoms with van der Waals surface area (Å²) >= 11 is 0. The van der Waals surface area contributed by atoms with E-state index in [2.05, 4.69) is 10.3 Å². The van der Waals surface area contributed by atoms with E-state index < -0.39 is 23.9 Å². The number of hydrogen-bond acceptors (Lipinski definition) is 9. The number of rotatable bonds is 14. The van der Waals surface area contributed by atoms with Crippen LogP contribution < -0.4 is 14.8 Å². The molecule has 2 N–H and O–H groups in total. The van der Waals surface area contributed by atoms with Crippen molar-refractivity contribution in [2.24, 2.45) is 5.92 Å². The highest BCUT2D eigenvalue weighted by Gasteiger charge is 2.31. The molecule has 2 aromatic rings. The van der Waals surface area contributed by atoms with Gasteiger partial charge >= 0.3 is 11.9 Å². The molecule has 10 heteroatoms. The third kappa shape index (κ3) is 12.0. The lowest BCUT2D eigenvalue weighted by molar-refractivity contribution is -0.153. The largest absolute Gasteiger partial charge is 0.508 e. The number of phenols is 1. The van der Waals surface area contributed by atoms with Crippen LogP contribution in [0.4, 0.5) is 0 Å². The SMILES string of the molecule is CCCOC(CC)CC(C)OC(=O)[C@@H](NC(=O)c1nccc(OC)c1OC(C)=O)C(C)CC.Oc1ccccc1. The Hall–Kier alpha value is -3.66. The van der Waals surface area contributed by atoms with Gasteiger partial charge < -0.3 is 29.4 Å². The number of pyridine rings is 1. The molecule has 0 bridgehead atoms. The first kappa shape index (κ1) is 34.4. The number of amides is 1. The second-order valence-corrected chi connectivity index (χ2v) is 9.34. The van der Waals surface area contributed by atoms with Crippen molar-refractivity contribution in [3.05, 3.63) is 48.3 Å². The number of aromatic hydroxyl groups is 1. The predicted molar refractivity (Wildman–Crippen MR) is 151 cm³/mol. The van der Waals surface area contributed by atoms with Gasteiger partial charge in [-0.1, -0.05) is 52.3 Å². The Labute approximate surface area is 237 Å². The molecule has 0 aliphatic heterocycles. The number of ether oxygens (including phenoxy) is 4. The molecule has 0 spiro atoms. The number of methoxy groups -OCH3 is 1. The predicted octanol–water partition coefficient (Wildman–Crippen LogP) is 5.08. The van der Waals surface area contributed by atoms with Crippen molar-refractivity contribution >= 4 is 17.8 Å². The summed E-state index contributed by atoms with van der Waals surface area (Å²) in [5, 5.41) is 11.3. The number of nitrogens with one attached hydrogen (secondary N) is 1. The molecule has 0 radical (unpaired) electrons. The molecule has 0 saturated heterocycles. The number of esters is 2. The minimum Gasteiger partial charge on any atom is -0.508 e. The van der Waals surface area contributed by atoms with E-state index in [9.17, 15) is 14.4 Å². The topological polar surface area (TPSA) is 133 Å². The maximum atomic E-state index is 13.0. The van der Waals surface area contributed by atoms with Crippen molar-refractivity contribution in [3.63, 3.8) is 0 Å². The van der Waals surface area contributed by atoms with Crippen molar-refractivity contribution in [1.82, 2.24) is 10.3 Å². The average molecular weight is 561 g/mol. The van der Waals surface area contributed by atoms with Crippen molar-refractivity contribution in [2.45, 2.75) is 85.5 Å². The number of carbonyl (C=O) groups excluding carboxylic acids is 3. The summed E-state index contributed by atoms with van der Waals surface area (Å²) in [6.07, 6.45) is 3.91. The Morgan fingerprint density at radius 1 is 1.02 bits per heavy atom. The molecule has 1 heterocycles. The fourth-order valence-electron chi connectivity index (χ4n) is 3.63. The number of nitrogens with zero attached hydrogens (tertiary/aromatic N) is 1. The zero-order chi connectivity index (χ0) is 30.1. The second-order valence-electron chi connectivity index (χ2n) is 9.34. The van der Waals surface area contributed by atoms with Crippen molar-refractivity contribution in [2.75, 3.05) is 13.7 Å². The van der Waals surface area contributed by atoms with Gasteiger partial charge in [0.1, 0.15) is 17.9 Å². The molecular weight excluding hydrogens is 516 g/mol. The van der Waals surface area contributed by atoms with Gasteiger partial charge in [-0.25, -0.2) is 9.78 Å². The maximum absolute atomic E-state index is 13.0. The van der Waals surface area contributed by atoms with Crippen LogP contribution in [0.1, 0.15) is 77.7 Å². The van der Waals surface area contributed by atoms with Crippen LogP contribution in [0.2, 0.25) is 0 Å². The van der Waals surface area contributed by atoms with E-state index in [4.69, 9.17) is 24.1 Å². The second kappa shape index (κ2) is 18.6. The smallest absolute Gasteiger partial charge is 0.329 e. The zero-order valence-electron chi connectivity index (χ0n) is 24.6. The molecule has 222 valence electrons. The first-order valence-electron chi connectivity index (χ1n) is 13.7. The molecule has 0 saturated carbocycles. The highest BCUT2D eigenvalue weighted by Crippen LogP contribution is 2.30. The lowest BCUT2D eigenvalue weighted by Crippen LogP contribution is -2.47. The molecule has 0 aliphatic carbocycles. The summed E-state index contributed by atoms with van der Waals surface area (Å²) < 4.78 is 21.8. The van der Waals surface area contributed by atoms with Crippen LogP contribution in [0.25, 0.3) is 0 Å². The van der Waals surface area contributed by atoms with E-state index in [-0.39, 0.29) is 35.3 Å². The summed E-state index contributed by atoms with van der Waals surface area (Å²) in [6, 6.07) is 9.28. The number of para-hydroxylation sites is 1. The van der Waals surface area contributed by atoms with E-state index in [1.54, 1.807) is 24.3 Å². The molecule has 4 atom stereocenters. The third-order valence-electron chi connectivity index (χ3n) is 5.98. The lowest BCUT2D eigenvalue weighted by atomic mass is 9.98. The summed E-state index contributed by atoms with van der Waals surface area (Å²) in [5.41, 5.74) is -0.155. The minimum atomic E-state index is -0.903. The van der Waals surface area contributed by atoms with Crippen molar-refractivity contribution in [3.8, 4) is 17.2 Å². The Bertz CT molecular complexity index is 1050. The first-order valence-corrected chi connectivity index (χ1v) is 13.7. The fourth-order valence-corrected chi connectivity index (χ4v) is 3.63. The Kier molecular flexibility index (Phi) is 16.0. The van der Waals surface area contributed by atoms with Crippen molar-refractivity contribution < 1.29 is 38.4 Å². The van der Waals surface area contributed by atoms with Gasteiger partial charge in [0.05, 0.1) is 13.2 Å². The average Bonchev–Trinajstić information content (AvgIpc) is 2.93. The molecule has 40 heavy (non-hydrogen) atoms. The molecular formula is C30H44N2O8. The third-order valence-corrected chi connectivity index (χ3v) is 5.98. The Balaban J connectivity index is 0.000000985. The number of benzene rings is 1.